The number of nitrogens with two attached hydrogens (primary N) is 1. The summed E-state index contributed by atoms with van der Waals surface area (Å²) in [5.41, 5.74) is 6.23. The van der Waals surface area contributed by atoms with Gasteiger partial charge in [0.2, 0.25) is 0 Å². The zero-order valence-electron chi connectivity index (χ0n) is 7.22. The van der Waals surface area contributed by atoms with Crippen molar-refractivity contribution in [3.63, 3.8) is 0 Å². The molecule has 0 unspecified atom stereocenters. The minimum absolute atomic E-state index is 0.286. The minimum Gasteiger partial charge on any atom is -0.393 e. The summed E-state index contributed by atoms with van der Waals surface area (Å²) in [6.45, 7) is 2.00. The maximum atomic E-state index is 5.72. The molecule has 2 rings (SSSR count). The molecule has 0 amide bonds. The molecule has 1 aliphatic heterocycles. The molecule has 13 heavy (non-hydrogen) atoms. The molecule has 1 aromatic rings. The number of nitrogens with zero attached hydrogens (tertiary/aromatic N) is 1. The Morgan fingerprint density at radius 3 is 2.69 bits per heavy atom. The van der Waals surface area contributed by atoms with Gasteiger partial charge in [0.15, 0.2) is 10.9 Å². The van der Waals surface area contributed by atoms with Crippen molar-refractivity contribution in [1.29, 1.82) is 0 Å². The molecule has 0 saturated carbocycles. The normalized spacial score (nSPS) is 19.2. The van der Waals surface area contributed by atoms with E-state index in [1.165, 1.54) is 0 Å². The van der Waals surface area contributed by atoms with Crippen LogP contribution in [0.5, 0.6) is 0 Å². The Morgan fingerprint density at radius 2 is 2.15 bits per heavy atom. The maximum absolute atomic E-state index is 5.72. The van der Waals surface area contributed by atoms with Crippen molar-refractivity contribution in [2.75, 3.05) is 18.8 Å². The Balaban J connectivity index is 2.18. The summed E-state index contributed by atoms with van der Waals surface area (Å²) >= 11 is 5.70. The van der Waals surface area contributed by atoms with Crippen molar-refractivity contribution >= 4 is 17.3 Å². The zero-order chi connectivity index (χ0) is 9.26. The van der Waals surface area contributed by atoms with Crippen molar-refractivity contribution in [1.82, 2.24) is 10.5 Å². The van der Waals surface area contributed by atoms with Crippen molar-refractivity contribution < 1.29 is 4.52 Å². The summed E-state index contributed by atoms with van der Waals surface area (Å²) < 4.78 is 5.10. The second-order valence-corrected chi connectivity index (χ2v) is 3.63. The standard InChI is InChI=1S/C8H12ClN3O/c9-8-6(10)7(13-12-8)5-1-3-11-4-2-5/h5,11H,1-4,10H2. The Hall–Kier alpha value is -0.740. The van der Waals surface area contributed by atoms with E-state index in [-0.39, 0.29) is 5.15 Å². The lowest BCUT2D eigenvalue weighted by atomic mass is 9.95. The van der Waals surface area contributed by atoms with Gasteiger partial charge in [-0.2, -0.15) is 0 Å². The fraction of sp³-hybridized carbons (Fsp3) is 0.625. The summed E-state index contributed by atoms with van der Waals surface area (Å²) in [6, 6.07) is 0. The van der Waals surface area contributed by atoms with Crippen LogP contribution in [0.3, 0.4) is 0 Å². The molecule has 1 saturated heterocycles. The van der Waals surface area contributed by atoms with Gasteiger partial charge in [0.1, 0.15) is 5.69 Å². The van der Waals surface area contributed by atoms with Gasteiger partial charge in [0, 0.05) is 5.92 Å². The summed E-state index contributed by atoms with van der Waals surface area (Å²) in [7, 11) is 0. The van der Waals surface area contributed by atoms with Gasteiger partial charge in [-0.3, -0.25) is 0 Å². The fourth-order valence-corrected chi connectivity index (χ4v) is 1.80. The molecule has 3 N–H and O–H groups in total. The second kappa shape index (κ2) is 3.55. The van der Waals surface area contributed by atoms with Crippen molar-refractivity contribution in [3.05, 3.63) is 10.9 Å². The maximum Gasteiger partial charge on any atom is 0.195 e. The summed E-state index contributed by atoms with van der Waals surface area (Å²) in [5.74, 6) is 1.13. The Morgan fingerprint density at radius 1 is 1.46 bits per heavy atom. The lowest BCUT2D eigenvalue weighted by molar-refractivity contribution is 0.329. The van der Waals surface area contributed by atoms with E-state index in [0.29, 0.717) is 11.6 Å². The van der Waals surface area contributed by atoms with Crippen LogP contribution in [0.4, 0.5) is 5.69 Å². The van der Waals surface area contributed by atoms with Crippen LogP contribution in [0.15, 0.2) is 4.52 Å². The lowest BCUT2D eigenvalue weighted by Gasteiger charge is -2.20. The molecular formula is C8H12ClN3O. The molecule has 2 heterocycles. The molecule has 72 valence electrons. The highest BCUT2D eigenvalue weighted by atomic mass is 35.5. The molecule has 0 spiro atoms. The highest BCUT2D eigenvalue weighted by Gasteiger charge is 2.23. The van der Waals surface area contributed by atoms with Crippen molar-refractivity contribution in [2.45, 2.75) is 18.8 Å². The fourth-order valence-electron chi connectivity index (χ4n) is 1.67. The molecule has 0 radical (unpaired) electrons. The van der Waals surface area contributed by atoms with Crippen molar-refractivity contribution in [3.8, 4) is 0 Å². The lowest BCUT2D eigenvalue weighted by Crippen LogP contribution is -2.26. The number of aromatic nitrogens is 1. The van der Waals surface area contributed by atoms with Gasteiger partial charge in [-0.25, -0.2) is 0 Å². The van der Waals surface area contributed by atoms with E-state index in [4.69, 9.17) is 21.9 Å². The molecule has 4 nitrogen and oxygen atoms in total. The van der Waals surface area contributed by atoms with E-state index in [1.807, 2.05) is 0 Å². The molecule has 5 heteroatoms. The smallest absolute Gasteiger partial charge is 0.195 e. The van der Waals surface area contributed by atoms with E-state index in [1.54, 1.807) is 0 Å². The highest BCUT2D eigenvalue weighted by molar-refractivity contribution is 6.31. The van der Waals surface area contributed by atoms with Crippen molar-refractivity contribution in [2.24, 2.45) is 0 Å². The van der Waals surface area contributed by atoms with Gasteiger partial charge in [-0.05, 0) is 25.9 Å². The predicted octanol–water partition coefficient (Wildman–Crippen LogP) is 1.38. The number of halogens is 1. The monoisotopic (exact) mass is 201 g/mol. The number of piperidine rings is 1. The average Bonchev–Trinajstić information content (AvgIpc) is 2.49. The van der Waals surface area contributed by atoms with E-state index in [2.05, 4.69) is 10.5 Å². The molecule has 0 atom stereocenters. The van der Waals surface area contributed by atoms with Gasteiger partial charge < -0.3 is 15.6 Å². The molecular weight excluding hydrogens is 190 g/mol. The zero-order valence-corrected chi connectivity index (χ0v) is 7.97. The second-order valence-electron chi connectivity index (χ2n) is 3.28. The van der Waals surface area contributed by atoms with Crippen LogP contribution < -0.4 is 11.1 Å². The van der Waals surface area contributed by atoms with Gasteiger partial charge in [-0.15, -0.1) is 0 Å². The first-order valence-corrected chi connectivity index (χ1v) is 4.78. The molecule has 0 aliphatic carbocycles. The third-order valence-electron chi connectivity index (χ3n) is 2.42. The summed E-state index contributed by atoms with van der Waals surface area (Å²) in [4.78, 5) is 0. The third kappa shape index (κ3) is 1.64. The Labute approximate surface area is 81.4 Å². The number of hydrogen-bond acceptors (Lipinski definition) is 4. The topological polar surface area (TPSA) is 64.1 Å². The Bertz CT molecular complexity index is 294. The molecule has 0 aromatic carbocycles. The van der Waals surface area contributed by atoms with Crippen LogP contribution in [-0.4, -0.2) is 18.2 Å². The van der Waals surface area contributed by atoms with Crippen LogP contribution in [0.1, 0.15) is 24.5 Å². The number of anilines is 1. The number of nitrogens with one attached hydrogen (secondary N) is 1. The first-order chi connectivity index (χ1) is 6.29. The van der Waals surface area contributed by atoms with E-state index < -0.39 is 0 Å². The molecule has 1 fully saturated rings. The summed E-state index contributed by atoms with van der Waals surface area (Å²) in [5, 5.41) is 7.20. The highest BCUT2D eigenvalue weighted by Crippen LogP contribution is 2.33. The van der Waals surface area contributed by atoms with Gasteiger partial charge in [-0.1, -0.05) is 16.8 Å². The predicted molar refractivity (Wildman–Crippen MR) is 50.8 cm³/mol. The van der Waals surface area contributed by atoms with E-state index in [9.17, 15) is 0 Å². The average molecular weight is 202 g/mol. The number of nitrogen functional groups attached to an aromatic ring is 1. The van der Waals surface area contributed by atoms with E-state index >= 15 is 0 Å². The van der Waals surface area contributed by atoms with Gasteiger partial charge in [0.05, 0.1) is 0 Å². The largest absolute Gasteiger partial charge is 0.393 e. The first kappa shape index (κ1) is 8.84. The molecule has 1 aliphatic rings. The molecule has 1 aromatic heterocycles. The van der Waals surface area contributed by atoms with Gasteiger partial charge in [0.25, 0.3) is 0 Å². The van der Waals surface area contributed by atoms with Crippen LogP contribution >= 0.6 is 11.6 Å². The third-order valence-corrected chi connectivity index (χ3v) is 2.69. The SMILES string of the molecule is Nc1c(Cl)noc1C1CCNCC1. The first-order valence-electron chi connectivity index (χ1n) is 4.40. The number of rotatable bonds is 1. The molecule has 0 bridgehead atoms. The Kier molecular flexibility index (Phi) is 2.42. The van der Waals surface area contributed by atoms with Crippen LogP contribution in [0, 0.1) is 0 Å². The van der Waals surface area contributed by atoms with Crippen LogP contribution in [0.25, 0.3) is 0 Å². The quantitative estimate of drug-likeness (QED) is 0.721. The summed E-state index contributed by atoms with van der Waals surface area (Å²) in [6.07, 6.45) is 2.07. The van der Waals surface area contributed by atoms with Gasteiger partial charge >= 0.3 is 0 Å². The number of hydrogen-bond donors (Lipinski definition) is 2. The van der Waals surface area contributed by atoms with E-state index in [0.717, 1.165) is 31.7 Å². The minimum atomic E-state index is 0.286. The van der Waals surface area contributed by atoms with Crippen LogP contribution in [0.2, 0.25) is 5.15 Å². The van der Waals surface area contributed by atoms with Crippen LogP contribution in [-0.2, 0) is 0 Å².